The molecule has 0 heterocycles. The number of hydrogen-bond donors (Lipinski definition) is 1. The first-order chi connectivity index (χ1) is 9.79. The third-order valence-corrected chi connectivity index (χ3v) is 2.82. The Kier molecular flexibility index (Phi) is 5.21. The first-order valence-corrected chi connectivity index (χ1v) is 6.49. The molecule has 1 unspecified atom stereocenters. The molecule has 20 heavy (non-hydrogen) atoms. The first kappa shape index (κ1) is 14.2. The molecule has 0 radical (unpaired) electrons. The molecule has 3 nitrogen and oxygen atoms in total. The molecule has 1 aromatic rings. The molecular formula is C17H18O3. The maximum atomic E-state index is 10.1. The summed E-state index contributed by atoms with van der Waals surface area (Å²) in [5.74, 6) is 0.648. The van der Waals surface area contributed by atoms with Gasteiger partial charge in [0.1, 0.15) is 25.1 Å². The number of aliphatic hydroxyl groups excluding tert-OH is 1. The fourth-order valence-corrected chi connectivity index (χ4v) is 1.85. The Labute approximate surface area is 119 Å². The van der Waals surface area contributed by atoms with Gasteiger partial charge >= 0.3 is 0 Å². The van der Waals surface area contributed by atoms with Crippen molar-refractivity contribution in [2.45, 2.75) is 6.10 Å². The highest BCUT2D eigenvalue weighted by Crippen LogP contribution is 2.19. The van der Waals surface area contributed by atoms with Crippen LogP contribution in [0.25, 0.3) is 6.08 Å². The van der Waals surface area contributed by atoms with Gasteiger partial charge in [-0.3, -0.25) is 0 Å². The van der Waals surface area contributed by atoms with E-state index < -0.39 is 6.10 Å². The molecule has 0 saturated heterocycles. The van der Waals surface area contributed by atoms with Crippen LogP contribution in [-0.4, -0.2) is 24.4 Å². The van der Waals surface area contributed by atoms with Crippen molar-refractivity contribution in [2.75, 3.05) is 13.2 Å². The van der Waals surface area contributed by atoms with Crippen LogP contribution >= 0.6 is 0 Å². The molecule has 1 aromatic carbocycles. The molecule has 1 aliphatic rings. The minimum atomic E-state index is -0.657. The number of ether oxygens (including phenoxy) is 2. The van der Waals surface area contributed by atoms with E-state index in [0.29, 0.717) is 19.0 Å². The molecule has 0 fully saturated rings. The molecule has 1 atom stereocenters. The van der Waals surface area contributed by atoms with E-state index in [1.807, 2.05) is 48.6 Å². The second-order valence-corrected chi connectivity index (χ2v) is 4.29. The van der Waals surface area contributed by atoms with Crippen LogP contribution in [0.3, 0.4) is 0 Å². The predicted octanol–water partition coefficient (Wildman–Crippen LogP) is 3.06. The standard InChI is InChI=1S/C17H18O3/c1-2-19-10-11-20-16-9-8-15(17(18)13-16)12-14-6-4-3-5-7-14/h2-9,12-13,17-18H,1,10-11H2. The highest BCUT2D eigenvalue weighted by Gasteiger charge is 2.12. The van der Waals surface area contributed by atoms with Gasteiger partial charge in [-0.1, -0.05) is 43.0 Å². The largest absolute Gasteiger partial charge is 0.498 e. The van der Waals surface area contributed by atoms with Crippen LogP contribution in [-0.2, 0) is 9.47 Å². The molecule has 1 aliphatic carbocycles. The quantitative estimate of drug-likeness (QED) is 0.638. The summed E-state index contributed by atoms with van der Waals surface area (Å²) in [6, 6.07) is 9.89. The summed E-state index contributed by atoms with van der Waals surface area (Å²) in [5, 5.41) is 10.1. The van der Waals surface area contributed by atoms with Gasteiger partial charge in [-0.05, 0) is 29.4 Å². The number of hydrogen-bond acceptors (Lipinski definition) is 3. The van der Waals surface area contributed by atoms with Crippen molar-refractivity contribution in [3.63, 3.8) is 0 Å². The Morgan fingerprint density at radius 1 is 1.15 bits per heavy atom. The summed E-state index contributed by atoms with van der Waals surface area (Å²) in [7, 11) is 0. The van der Waals surface area contributed by atoms with E-state index in [0.717, 1.165) is 11.1 Å². The van der Waals surface area contributed by atoms with Gasteiger partial charge in [0.2, 0.25) is 0 Å². The van der Waals surface area contributed by atoms with Crippen molar-refractivity contribution in [2.24, 2.45) is 0 Å². The molecule has 3 heteroatoms. The van der Waals surface area contributed by atoms with Gasteiger partial charge < -0.3 is 14.6 Å². The fourth-order valence-electron chi connectivity index (χ4n) is 1.85. The second-order valence-electron chi connectivity index (χ2n) is 4.29. The van der Waals surface area contributed by atoms with E-state index in [4.69, 9.17) is 9.47 Å². The van der Waals surface area contributed by atoms with Crippen LogP contribution in [0.5, 0.6) is 0 Å². The first-order valence-electron chi connectivity index (χ1n) is 6.49. The molecule has 1 N–H and O–H groups in total. The van der Waals surface area contributed by atoms with E-state index in [1.165, 1.54) is 6.26 Å². The monoisotopic (exact) mass is 270 g/mol. The number of aliphatic hydroxyl groups is 1. The van der Waals surface area contributed by atoms with E-state index >= 15 is 0 Å². The number of benzene rings is 1. The Hall–Kier alpha value is -2.26. The zero-order chi connectivity index (χ0) is 14.2. The molecule has 0 saturated carbocycles. The van der Waals surface area contributed by atoms with Crippen molar-refractivity contribution >= 4 is 6.08 Å². The van der Waals surface area contributed by atoms with E-state index in [2.05, 4.69) is 6.58 Å². The number of allylic oxidation sites excluding steroid dienone is 1. The zero-order valence-electron chi connectivity index (χ0n) is 11.2. The van der Waals surface area contributed by atoms with Crippen LogP contribution in [0.2, 0.25) is 0 Å². The lowest BCUT2D eigenvalue weighted by atomic mass is 10.0. The van der Waals surface area contributed by atoms with Gasteiger partial charge in [0, 0.05) is 0 Å². The SMILES string of the molecule is C=COCCOC1=CC(O)C(=Cc2ccccc2)C=C1. The summed E-state index contributed by atoms with van der Waals surface area (Å²) in [4.78, 5) is 0. The van der Waals surface area contributed by atoms with Gasteiger partial charge in [-0.25, -0.2) is 0 Å². The molecule has 0 amide bonds. The average Bonchev–Trinajstić information content (AvgIpc) is 2.47. The molecule has 0 spiro atoms. The molecule has 0 aromatic heterocycles. The molecule has 0 bridgehead atoms. The highest BCUT2D eigenvalue weighted by atomic mass is 16.5. The van der Waals surface area contributed by atoms with Crippen LogP contribution in [0.15, 0.2) is 72.7 Å². The van der Waals surface area contributed by atoms with Gasteiger partial charge in [-0.2, -0.15) is 0 Å². The highest BCUT2D eigenvalue weighted by molar-refractivity contribution is 5.59. The maximum absolute atomic E-state index is 10.1. The third-order valence-electron chi connectivity index (χ3n) is 2.82. The summed E-state index contributed by atoms with van der Waals surface area (Å²) >= 11 is 0. The van der Waals surface area contributed by atoms with Crippen molar-refractivity contribution in [3.8, 4) is 0 Å². The minimum absolute atomic E-state index is 0.423. The van der Waals surface area contributed by atoms with Gasteiger partial charge in [0.05, 0.1) is 6.26 Å². The zero-order valence-corrected chi connectivity index (χ0v) is 11.2. The van der Waals surface area contributed by atoms with Crippen LogP contribution in [0, 0.1) is 0 Å². The minimum Gasteiger partial charge on any atom is -0.498 e. The summed E-state index contributed by atoms with van der Waals surface area (Å²) in [5.41, 5.74) is 1.90. The topological polar surface area (TPSA) is 38.7 Å². The molecule has 104 valence electrons. The smallest absolute Gasteiger partial charge is 0.122 e. The lowest BCUT2D eigenvalue weighted by molar-refractivity contribution is 0.134. The Morgan fingerprint density at radius 3 is 2.65 bits per heavy atom. The normalized spacial score (nSPS) is 19.6. The third kappa shape index (κ3) is 4.14. The Balaban J connectivity index is 1.95. The lowest BCUT2D eigenvalue weighted by Gasteiger charge is -2.16. The Bertz CT molecular complexity index is 526. The summed E-state index contributed by atoms with van der Waals surface area (Å²) in [6.45, 7) is 4.32. The van der Waals surface area contributed by atoms with Crippen LogP contribution < -0.4 is 0 Å². The van der Waals surface area contributed by atoms with E-state index in [9.17, 15) is 5.11 Å². The Morgan fingerprint density at radius 2 is 1.95 bits per heavy atom. The van der Waals surface area contributed by atoms with Crippen molar-refractivity contribution in [1.29, 1.82) is 0 Å². The van der Waals surface area contributed by atoms with Gasteiger partial charge in [0.25, 0.3) is 0 Å². The van der Waals surface area contributed by atoms with Crippen molar-refractivity contribution in [3.05, 3.63) is 78.3 Å². The van der Waals surface area contributed by atoms with Crippen LogP contribution in [0.4, 0.5) is 0 Å². The molecular weight excluding hydrogens is 252 g/mol. The molecule has 2 rings (SSSR count). The van der Waals surface area contributed by atoms with Crippen LogP contribution in [0.1, 0.15) is 5.56 Å². The second kappa shape index (κ2) is 7.36. The average molecular weight is 270 g/mol. The van der Waals surface area contributed by atoms with E-state index in [1.54, 1.807) is 6.08 Å². The summed E-state index contributed by atoms with van der Waals surface area (Å²) < 4.78 is 10.4. The molecule has 0 aliphatic heterocycles. The number of rotatable bonds is 6. The maximum Gasteiger partial charge on any atom is 0.122 e. The summed E-state index contributed by atoms with van der Waals surface area (Å²) in [6.07, 6.45) is 8.06. The fraction of sp³-hybridized carbons (Fsp3) is 0.176. The van der Waals surface area contributed by atoms with Gasteiger partial charge in [0.15, 0.2) is 0 Å². The van der Waals surface area contributed by atoms with Crippen molar-refractivity contribution in [1.82, 2.24) is 0 Å². The van der Waals surface area contributed by atoms with Crippen molar-refractivity contribution < 1.29 is 14.6 Å². The lowest BCUT2D eigenvalue weighted by Crippen LogP contribution is -2.11. The van der Waals surface area contributed by atoms with E-state index in [-0.39, 0.29) is 0 Å². The predicted molar refractivity (Wildman–Crippen MR) is 79.7 cm³/mol. The van der Waals surface area contributed by atoms with Gasteiger partial charge in [-0.15, -0.1) is 0 Å².